The maximum absolute atomic E-state index is 12.4. The molecule has 0 radical (unpaired) electrons. The number of carbonyl (C=O) groups excluding carboxylic acids is 2. The van der Waals surface area contributed by atoms with Crippen molar-refractivity contribution in [2.45, 2.75) is 26.0 Å². The molecule has 0 aliphatic carbocycles. The van der Waals surface area contributed by atoms with Crippen molar-refractivity contribution in [2.75, 3.05) is 19.5 Å². The van der Waals surface area contributed by atoms with Crippen molar-refractivity contribution in [2.24, 2.45) is 0 Å². The van der Waals surface area contributed by atoms with E-state index in [4.69, 9.17) is 14.2 Å². The van der Waals surface area contributed by atoms with E-state index in [-0.39, 0.29) is 6.42 Å². The van der Waals surface area contributed by atoms with Crippen molar-refractivity contribution in [1.29, 1.82) is 0 Å². The lowest BCUT2D eigenvalue weighted by Gasteiger charge is -2.15. The number of fused-ring (bicyclic) bond motifs is 1. The predicted molar refractivity (Wildman–Crippen MR) is 110 cm³/mol. The highest BCUT2D eigenvalue weighted by molar-refractivity contribution is 5.95. The second-order valence-electron chi connectivity index (χ2n) is 6.54. The molecule has 1 unspecified atom stereocenters. The van der Waals surface area contributed by atoms with Crippen LogP contribution in [0.2, 0.25) is 0 Å². The Morgan fingerprint density at radius 2 is 1.72 bits per heavy atom. The average molecular weight is 396 g/mol. The number of benzene rings is 2. The average Bonchev–Trinajstić information content (AvgIpc) is 3.15. The smallest absolute Gasteiger partial charge is 0.308 e. The van der Waals surface area contributed by atoms with Gasteiger partial charge in [0.25, 0.3) is 5.91 Å². The van der Waals surface area contributed by atoms with Crippen molar-refractivity contribution < 1.29 is 23.8 Å². The van der Waals surface area contributed by atoms with Crippen LogP contribution in [0.15, 0.2) is 54.7 Å². The highest BCUT2D eigenvalue weighted by atomic mass is 16.5. The van der Waals surface area contributed by atoms with Gasteiger partial charge in [0, 0.05) is 42.1 Å². The summed E-state index contributed by atoms with van der Waals surface area (Å²) in [7, 11) is 3.05. The molecular formula is C22H24N2O5. The van der Waals surface area contributed by atoms with Gasteiger partial charge in [-0.1, -0.05) is 18.2 Å². The third kappa shape index (κ3) is 5.07. The van der Waals surface area contributed by atoms with E-state index in [1.165, 1.54) is 21.1 Å². The molecule has 2 aromatic carbocycles. The van der Waals surface area contributed by atoms with E-state index in [0.29, 0.717) is 23.7 Å². The Kier molecular flexibility index (Phi) is 6.39. The molecule has 0 aliphatic rings. The lowest BCUT2D eigenvalue weighted by molar-refractivity contribution is -0.153. The number of hydrogen-bond donors (Lipinski definition) is 1. The van der Waals surface area contributed by atoms with Gasteiger partial charge in [-0.05, 0) is 24.4 Å². The molecule has 0 saturated carbocycles. The van der Waals surface area contributed by atoms with Gasteiger partial charge in [-0.25, -0.2) is 0 Å². The van der Waals surface area contributed by atoms with Gasteiger partial charge in [-0.3, -0.25) is 9.59 Å². The van der Waals surface area contributed by atoms with Crippen LogP contribution in [0, 0.1) is 0 Å². The predicted octanol–water partition coefficient (Wildman–Crippen LogP) is 3.62. The molecule has 1 N–H and O–H groups in total. The molecule has 29 heavy (non-hydrogen) atoms. The van der Waals surface area contributed by atoms with Gasteiger partial charge in [-0.15, -0.1) is 0 Å². The van der Waals surface area contributed by atoms with E-state index in [1.54, 1.807) is 18.2 Å². The molecule has 7 nitrogen and oxygen atoms in total. The molecule has 1 aromatic heterocycles. The summed E-state index contributed by atoms with van der Waals surface area (Å²) in [6.07, 6.45) is 1.18. The Balaban J connectivity index is 1.54. The van der Waals surface area contributed by atoms with Gasteiger partial charge in [0.2, 0.25) is 0 Å². The number of hydrogen-bond acceptors (Lipinski definition) is 5. The highest BCUT2D eigenvalue weighted by Crippen LogP contribution is 2.26. The SMILES string of the molecule is COc1cc(NC(=O)C(C)OC(=O)CCn2ccc3ccccc32)cc(OC)c1. The van der Waals surface area contributed by atoms with Crippen LogP contribution in [0.4, 0.5) is 5.69 Å². The summed E-state index contributed by atoms with van der Waals surface area (Å²) in [6, 6.07) is 15.0. The lowest BCUT2D eigenvalue weighted by Crippen LogP contribution is -2.30. The zero-order valence-corrected chi connectivity index (χ0v) is 16.7. The number of nitrogens with one attached hydrogen (secondary N) is 1. The van der Waals surface area contributed by atoms with Gasteiger partial charge < -0.3 is 24.1 Å². The van der Waals surface area contributed by atoms with Crippen molar-refractivity contribution >= 4 is 28.5 Å². The fourth-order valence-corrected chi connectivity index (χ4v) is 2.98. The standard InChI is InChI=1S/C22H24N2O5/c1-15(22(26)23-17-12-18(27-2)14-19(13-17)28-3)29-21(25)9-11-24-10-8-16-6-4-5-7-20(16)24/h4-8,10,12-15H,9,11H2,1-3H3,(H,23,26). The summed E-state index contributed by atoms with van der Waals surface area (Å²) in [5.74, 6) is 0.222. The zero-order chi connectivity index (χ0) is 20.8. The number of esters is 1. The van der Waals surface area contributed by atoms with Crippen LogP contribution < -0.4 is 14.8 Å². The number of rotatable bonds is 8. The first-order valence-electron chi connectivity index (χ1n) is 9.27. The third-order valence-electron chi connectivity index (χ3n) is 4.53. The van der Waals surface area contributed by atoms with Crippen LogP contribution in [0.25, 0.3) is 10.9 Å². The maximum Gasteiger partial charge on any atom is 0.308 e. The van der Waals surface area contributed by atoms with Crippen LogP contribution in [-0.4, -0.2) is 36.8 Å². The molecule has 1 heterocycles. The van der Waals surface area contributed by atoms with Crippen molar-refractivity contribution in [3.8, 4) is 11.5 Å². The number of ether oxygens (including phenoxy) is 3. The Morgan fingerprint density at radius 3 is 2.41 bits per heavy atom. The van der Waals surface area contributed by atoms with Crippen LogP contribution in [-0.2, 0) is 20.9 Å². The number of amides is 1. The largest absolute Gasteiger partial charge is 0.497 e. The van der Waals surface area contributed by atoms with Crippen LogP contribution in [0.3, 0.4) is 0 Å². The number of carbonyl (C=O) groups is 2. The first kappa shape index (κ1) is 20.3. The van der Waals surface area contributed by atoms with Crippen molar-refractivity contribution in [3.05, 3.63) is 54.7 Å². The van der Waals surface area contributed by atoms with E-state index < -0.39 is 18.0 Å². The fourth-order valence-electron chi connectivity index (χ4n) is 2.98. The Labute approximate surface area is 169 Å². The third-order valence-corrected chi connectivity index (χ3v) is 4.53. The minimum Gasteiger partial charge on any atom is -0.497 e. The number of nitrogens with zero attached hydrogens (tertiary/aromatic N) is 1. The molecule has 0 spiro atoms. The van der Waals surface area contributed by atoms with Crippen molar-refractivity contribution in [1.82, 2.24) is 4.57 Å². The number of aromatic nitrogens is 1. The maximum atomic E-state index is 12.4. The van der Waals surface area contributed by atoms with E-state index >= 15 is 0 Å². The second-order valence-corrected chi connectivity index (χ2v) is 6.54. The Bertz CT molecular complexity index is 989. The van der Waals surface area contributed by atoms with Gasteiger partial charge in [0.1, 0.15) is 11.5 Å². The highest BCUT2D eigenvalue weighted by Gasteiger charge is 2.18. The molecule has 0 bridgehead atoms. The number of aryl methyl sites for hydroxylation is 1. The van der Waals surface area contributed by atoms with E-state index in [0.717, 1.165) is 10.9 Å². The fraction of sp³-hybridized carbons (Fsp3) is 0.273. The molecule has 0 fully saturated rings. The van der Waals surface area contributed by atoms with Gasteiger partial charge in [0.15, 0.2) is 6.10 Å². The van der Waals surface area contributed by atoms with Gasteiger partial charge in [-0.2, -0.15) is 0 Å². The van der Waals surface area contributed by atoms with Gasteiger partial charge in [0.05, 0.1) is 20.6 Å². The van der Waals surface area contributed by atoms with Crippen LogP contribution >= 0.6 is 0 Å². The first-order valence-corrected chi connectivity index (χ1v) is 9.27. The van der Waals surface area contributed by atoms with Crippen LogP contribution in [0.5, 0.6) is 11.5 Å². The minimum atomic E-state index is -0.930. The number of anilines is 1. The molecule has 3 aromatic rings. The van der Waals surface area contributed by atoms with Crippen LogP contribution in [0.1, 0.15) is 13.3 Å². The summed E-state index contributed by atoms with van der Waals surface area (Å²) < 4.78 is 17.6. The number of methoxy groups -OCH3 is 2. The minimum absolute atomic E-state index is 0.170. The van der Waals surface area contributed by atoms with Crippen molar-refractivity contribution in [3.63, 3.8) is 0 Å². The van der Waals surface area contributed by atoms with Gasteiger partial charge >= 0.3 is 5.97 Å². The summed E-state index contributed by atoms with van der Waals surface area (Å²) in [5, 5.41) is 3.82. The number of para-hydroxylation sites is 1. The summed E-state index contributed by atoms with van der Waals surface area (Å²) in [5.41, 5.74) is 1.55. The summed E-state index contributed by atoms with van der Waals surface area (Å²) in [4.78, 5) is 24.6. The molecule has 3 rings (SSSR count). The summed E-state index contributed by atoms with van der Waals surface area (Å²) >= 11 is 0. The Morgan fingerprint density at radius 1 is 1.03 bits per heavy atom. The normalized spacial score (nSPS) is 11.7. The quantitative estimate of drug-likeness (QED) is 0.589. The molecule has 152 valence electrons. The second kappa shape index (κ2) is 9.14. The van der Waals surface area contributed by atoms with E-state index in [1.807, 2.05) is 41.1 Å². The monoisotopic (exact) mass is 396 g/mol. The molecule has 1 atom stereocenters. The molecular weight excluding hydrogens is 372 g/mol. The molecule has 7 heteroatoms. The Hall–Kier alpha value is -3.48. The topological polar surface area (TPSA) is 78.8 Å². The van der Waals surface area contributed by atoms with E-state index in [2.05, 4.69) is 5.32 Å². The molecule has 0 saturated heterocycles. The molecule has 0 aliphatic heterocycles. The van der Waals surface area contributed by atoms with E-state index in [9.17, 15) is 9.59 Å². The lowest BCUT2D eigenvalue weighted by atomic mass is 10.2. The zero-order valence-electron chi connectivity index (χ0n) is 16.7. The first-order chi connectivity index (χ1) is 14.0. The molecule has 1 amide bonds. The summed E-state index contributed by atoms with van der Waals surface area (Å²) in [6.45, 7) is 2.02.